The Bertz CT molecular complexity index is 104. The van der Waals surface area contributed by atoms with Gasteiger partial charge in [0.05, 0.1) is 0 Å². The average Bonchev–Trinajstić information content (AvgIpc) is 1.27. The van der Waals surface area contributed by atoms with E-state index in [0.29, 0.717) is 0 Å². The predicted octanol–water partition coefficient (Wildman–Crippen LogP) is -0.216. The molecule has 0 saturated heterocycles. The first kappa shape index (κ1) is 17.3. The molecule has 0 atom stereocenters. The molecule has 0 amide bonds. The smallest absolute Gasteiger partial charge is 1.00 e. The summed E-state index contributed by atoms with van der Waals surface area (Å²) in [7, 11) is 0. The molecule has 0 unspecified atom stereocenters. The van der Waals surface area contributed by atoms with Crippen LogP contribution in [0.3, 0.4) is 0 Å². The maximum Gasteiger partial charge on any atom is 2.00 e. The molecule has 48 valence electrons. The second-order valence-corrected chi connectivity index (χ2v) is 1.09. The van der Waals surface area contributed by atoms with Crippen LogP contribution in [0.25, 0.3) is 0 Å². The molecule has 0 aromatic rings. The van der Waals surface area contributed by atoms with Crippen LogP contribution in [0.4, 0.5) is 0 Å². The normalized spacial score (nSPS) is 6.00. The van der Waals surface area contributed by atoms with Crippen molar-refractivity contribution in [2.45, 2.75) is 13.8 Å². The number of hydrogen-bond acceptors (Lipinski definition) is 3. The average molecular weight is 331 g/mol. The largest absolute Gasteiger partial charge is 2.00 e. The Hall–Kier alpha value is 2.19. The molecule has 0 saturated carbocycles. The van der Waals surface area contributed by atoms with Crippen molar-refractivity contribution in [3.8, 4) is 0 Å². The number of esters is 2. The van der Waals surface area contributed by atoms with Crippen molar-refractivity contribution in [2.75, 3.05) is 0 Å². The summed E-state index contributed by atoms with van der Waals surface area (Å²) in [4.78, 5) is 19.6. The van der Waals surface area contributed by atoms with Gasteiger partial charge in [-0.2, -0.15) is 0 Å². The zero-order chi connectivity index (χ0) is 5.86. The van der Waals surface area contributed by atoms with Crippen LogP contribution in [0.1, 0.15) is 19.6 Å². The Labute approximate surface area is 137 Å². The Kier molecular flexibility index (Phi) is 19.6. The van der Waals surface area contributed by atoms with Gasteiger partial charge in [0, 0.05) is 13.8 Å². The first-order valence-corrected chi connectivity index (χ1v) is 1.82. The standard InChI is InChI=1S/C4H6O3.Ba.Sr.4H/c1-3(5)7-4(2)6;;;;;;/h1-2H3;;;;;;/q;2*+2;4*-1. The molecule has 0 aliphatic rings. The summed E-state index contributed by atoms with van der Waals surface area (Å²) in [5, 5.41) is 0. The van der Waals surface area contributed by atoms with Gasteiger partial charge in [0.2, 0.25) is 0 Å². The van der Waals surface area contributed by atoms with E-state index in [4.69, 9.17) is 0 Å². The molecule has 0 N–H and O–H groups in total. The second kappa shape index (κ2) is 10.2. The summed E-state index contributed by atoms with van der Waals surface area (Å²) < 4.78 is 3.97. The van der Waals surface area contributed by atoms with Crippen molar-refractivity contribution in [3.05, 3.63) is 0 Å². The molecule has 0 aromatic heterocycles. The fourth-order valence-corrected chi connectivity index (χ4v) is 0.202. The summed E-state index contributed by atoms with van der Waals surface area (Å²) >= 11 is 0. The molecule has 3 nitrogen and oxygen atoms in total. The number of ether oxygens (including phenoxy) is 1. The van der Waals surface area contributed by atoms with Crippen LogP contribution < -0.4 is 0 Å². The van der Waals surface area contributed by atoms with Gasteiger partial charge in [0.15, 0.2) is 0 Å². The molecule has 5 heteroatoms. The van der Waals surface area contributed by atoms with E-state index in [9.17, 15) is 9.59 Å². The third-order valence-corrected chi connectivity index (χ3v) is 0.287. The van der Waals surface area contributed by atoms with E-state index < -0.39 is 11.9 Å². The fourth-order valence-electron chi connectivity index (χ4n) is 0.202. The monoisotopic (exact) mass is 332 g/mol. The second-order valence-electron chi connectivity index (χ2n) is 1.09. The van der Waals surface area contributed by atoms with Gasteiger partial charge in [0.1, 0.15) is 0 Å². The van der Waals surface area contributed by atoms with Crippen molar-refractivity contribution in [3.63, 3.8) is 0 Å². The molecule has 0 heterocycles. The molecular formula is C4H10BaO3Sr. The molecule has 0 aliphatic heterocycles. The van der Waals surface area contributed by atoms with Crippen LogP contribution in [0, 0.1) is 0 Å². The van der Waals surface area contributed by atoms with Crippen molar-refractivity contribution in [1.29, 1.82) is 0 Å². The van der Waals surface area contributed by atoms with Gasteiger partial charge >= 0.3 is 106 Å². The minimum Gasteiger partial charge on any atom is -1.00 e. The Balaban J connectivity index is -0.0000000120. The predicted molar refractivity (Wildman–Crippen MR) is 38.4 cm³/mol. The molecular weight excluding hydrogens is 321 g/mol. The zero-order valence-corrected chi connectivity index (χ0v) is 13.6. The van der Waals surface area contributed by atoms with Crippen LogP contribution >= 0.6 is 0 Å². The van der Waals surface area contributed by atoms with Crippen LogP contribution in [0.2, 0.25) is 0 Å². The van der Waals surface area contributed by atoms with Crippen molar-refractivity contribution in [1.82, 2.24) is 0 Å². The Morgan fingerprint density at radius 2 is 1.44 bits per heavy atom. The summed E-state index contributed by atoms with van der Waals surface area (Å²) in [5.74, 6) is -1.12. The molecule has 9 heavy (non-hydrogen) atoms. The van der Waals surface area contributed by atoms with Gasteiger partial charge in [-0.25, -0.2) is 0 Å². The summed E-state index contributed by atoms with van der Waals surface area (Å²) in [5.41, 5.74) is 0. The van der Waals surface area contributed by atoms with Gasteiger partial charge in [-0.3, -0.25) is 9.59 Å². The fraction of sp³-hybridized carbons (Fsp3) is 0.500. The Morgan fingerprint density at radius 3 is 1.44 bits per heavy atom. The van der Waals surface area contributed by atoms with Gasteiger partial charge in [-0.05, 0) is 0 Å². The van der Waals surface area contributed by atoms with Crippen LogP contribution in [0.5, 0.6) is 0 Å². The molecule has 0 aromatic carbocycles. The molecule has 0 aliphatic carbocycles. The van der Waals surface area contributed by atoms with Gasteiger partial charge < -0.3 is 10.4 Å². The van der Waals surface area contributed by atoms with Crippen molar-refractivity contribution >= 4 is 106 Å². The van der Waals surface area contributed by atoms with Crippen LogP contribution in [0.15, 0.2) is 0 Å². The summed E-state index contributed by atoms with van der Waals surface area (Å²) in [6.45, 7) is 2.36. The van der Waals surface area contributed by atoms with E-state index in [0.717, 1.165) is 0 Å². The first-order valence-electron chi connectivity index (χ1n) is 1.82. The number of carbonyl (C=O) groups is 2. The molecule has 0 spiro atoms. The molecule has 0 bridgehead atoms. The zero-order valence-electron chi connectivity index (χ0n) is 9.64. The number of carbonyl (C=O) groups excluding carboxylic acids is 2. The van der Waals surface area contributed by atoms with E-state index in [1.165, 1.54) is 13.8 Å². The van der Waals surface area contributed by atoms with E-state index in [1.807, 2.05) is 0 Å². The van der Waals surface area contributed by atoms with Crippen LogP contribution in [-0.2, 0) is 14.3 Å². The van der Waals surface area contributed by atoms with Crippen molar-refractivity contribution < 1.29 is 20.0 Å². The van der Waals surface area contributed by atoms with E-state index in [2.05, 4.69) is 4.74 Å². The maximum absolute atomic E-state index is 9.81. The first-order chi connectivity index (χ1) is 3.13. The number of rotatable bonds is 0. The van der Waals surface area contributed by atoms with E-state index in [-0.39, 0.29) is 100 Å². The third-order valence-electron chi connectivity index (χ3n) is 0.287. The quantitative estimate of drug-likeness (QED) is 0.350. The molecule has 0 fully saturated rings. The van der Waals surface area contributed by atoms with E-state index >= 15 is 0 Å². The topological polar surface area (TPSA) is 43.4 Å². The van der Waals surface area contributed by atoms with E-state index in [1.54, 1.807) is 0 Å². The minimum absolute atomic E-state index is 0. The van der Waals surface area contributed by atoms with Crippen LogP contribution in [-0.4, -0.2) is 106 Å². The Morgan fingerprint density at radius 1 is 1.22 bits per heavy atom. The summed E-state index contributed by atoms with van der Waals surface area (Å²) in [6, 6.07) is 0. The van der Waals surface area contributed by atoms with Gasteiger partial charge in [-0.15, -0.1) is 0 Å². The third kappa shape index (κ3) is 17.8. The van der Waals surface area contributed by atoms with Gasteiger partial charge in [-0.1, -0.05) is 0 Å². The number of hydrogen-bond donors (Lipinski definition) is 0. The molecule has 0 rings (SSSR count). The minimum atomic E-state index is -0.562. The maximum atomic E-state index is 9.81. The van der Waals surface area contributed by atoms with Crippen molar-refractivity contribution in [2.24, 2.45) is 0 Å². The summed E-state index contributed by atoms with van der Waals surface area (Å²) in [6.07, 6.45) is 0. The van der Waals surface area contributed by atoms with Gasteiger partial charge in [0.25, 0.3) is 0 Å². The molecule has 0 radical (unpaired) electrons. The SMILES string of the molecule is CC(=O)OC(C)=O.[Ba+2].[H-].[H-].[H-].[H-].[Sr+2].